The molecule has 2 rings (SSSR count). The molecule has 1 heterocycles. The average Bonchev–Trinajstić information content (AvgIpc) is 2.62. The van der Waals surface area contributed by atoms with E-state index in [0.717, 1.165) is 6.42 Å². The van der Waals surface area contributed by atoms with Crippen LogP contribution in [-0.2, 0) is 9.53 Å². The van der Waals surface area contributed by atoms with Gasteiger partial charge >= 0.3 is 0 Å². The highest BCUT2D eigenvalue weighted by Gasteiger charge is 2.71. The summed E-state index contributed by atoms with van der Waals surface area (Å²) in [4.78, 5) is 12.2. The van der Waals surface area contributed by atoms with E-state index in [-0.39, 0.29) is 23.3 Å². The SMILES string of the molecule is CN(C)NC(=O)C1(N)C2CCOC2C1(C)C. The minimum Gasteiger partial charge on any atom is -0.377 e. The normalized spacial score (nSPS) is 40.4. The summed E-state index contributed by atoms with van der Waals surface area (Å²) >= 11 is 0. The van der Waals surface area contributed by atoms with E-state index in [1.54, 1.807) is 19.1 Å². The van der Waals surface area contributed by atoms with Gasteiger partial charge in [0.25, 0.3) is 5.91 Å². The first-order valence-electron chi connectivity index (χ1n) is 5.70. The Balaban J connectivity index is 2.21. The van der Waals surface area contributed by atoms with E-state index in [9.17, 15) is 4.79 Å². The van der Waals surface area contributed by atoms with E-state index in [4.69, 9.17) is 10.5 Å². The smallest absolute Gasteiger partial charge is 0.255 e. The molecule has 3 N–H and O–H groups in total. The molecule has 0 aromatic carbocycles. The Labute approximate surface area is 96.3 Å². The van der Waals surface area contributed by atoms with Crippen LogP contribution in [0.3, 0.4) is 0 Å². The lowest BCUT2D eigenvalue weighted by molar-refractivity contribution is -0.178. The number of amides is 1. The number of nitrogens with two attached hydrogens (primary N) is 1. The Morgan fingerprint density at radius 3 is 2.69 bits per heavy atom. The highest BCUT2D eigenvalue weighted by molar-refractivity contribution is 5.89. The monoisotopic (exact) mass is 227 g/mol. The van der Waals surface area contributed by atoms with Gasteiger partial charge in [-0.2, -0.15) is 0 Å². The maximum Gasteiger partial charge on any atom is 0.255 e. The summed E-state index contributed by atoms with van der Waals surface area (Å²) in [5.74, 6) is 0.0525. The molecule has 0 aromatic heterocycles. The largest absolute Gasteiger partial charge is 0.377 e. The summed E-state index contributed by atoms with van der Waals surface area (Å²) in [6.07, 6.45) is 1.01. The number of fused-ring (bicyclic) bond motifs is 1. The van der Waals surface area contributed by atoms with E-state index < -0.39 is 5.54 Å². The molecule has 1 aliphatic carbocycles. The zero-order chi connectivity index (χ0) is 12.1. The predicted molar refractivity (Wildman–Crippen MR) is 60.4 cm³/mol. The Morgan fingerprint density at radius 1 is 1.50 bits per heavy atom. The topological polar surface area (TPSA) is 67.6 Å². The van der Waals surface area contributed by atoms with Gasteiger partial charge in [-0.1, -0.05) is 13.8 Å². The summed E-state index contributed by atoms with van der Waals surface area (Å²) in [5, 5.41) is 1.64. The summed E-state index contributed by atoms with van der Waals surface area (Å²) in [7, 11) is 3.57. The fourth-order valence-corrected chi connectivity index (χ4v) is 3.14. The minimum absolute atomic E-state index is 0.103. The molecule has 5 nitrogen and oxygen atoms in total. The number of ether oxygens (including phenoxy) is 1. The molecule has 92 valence electrons. The van der Waals surface area contributed by atoms with Crippen molar-refractivity contribution in [1.29, 1.82) is 0 Å². The van der Waals surface area contributed by atoms with Crippen LogP contribution >= 0.6 is 0 Å². The molecule has 5 heteroatoms. The number of hydrogen-bond acceptors (Lipinski definition) is 4. The summed E-state index contributed by atoms with van der Waals surface area (Å²) < 4.78 is 5.64. The summed E-state index contributed by atoms with van der Waals surface area (Å²) in [5.41, 5.74) is 8.00. The molecule has 1 saturated heterocycles. The van der Waals surface area contributed by atoms with Crippen molar-refractivity contribution in [2.75, 3.05) is 20.7 Å². The molecule has 3 unspecified atom stereocenters. The van der Waals surface area contributed by atoms with Crippen molar-refractivity contribution in [2.24, 2.45) is 17.1 Å². The lowest BCUT2D eigenvalue weighted by Gasteiger charge is -2.60. The van der Waals surface area contributed by atoms with Crippen LogP contribution in [0, 0.1) is 11.3 Å². The Hall–Kier alpha value is -0.650. The van der Waals surface area contributed by atoms with Crippen molar-refractivity contribution >= 4 is 5.91 Å². The van der Waals surface area contributed by atoms with E-state index in [0.29, 0.717) is 6.61 Å². The lowest BCUT2D eigenvalue weighted by Crippen LogP contribution is -2.80. The van der Waals surface area contributed by atoms with Crippen LogP contribution in [0.1, 0.15) is 20.3 Å². The van der Waals surface area contributed by atoms with Crippen molar-refractivity contribution in [3.63, 3.8) is 0 Å². The molecule has 0 bridgehead atoms. The van der Waals surface area contributed by atoms with Crippen LogP contribution in [0.25, 0.3) is 0 Å². The first-order chi connectivity index (χ1) is 7.31. The van der Waals surface area contributed by atoms with Gasteiger partial charge in [-0.25, -0.2) is 5.01 Å². The average molecular weight is 227 g/mol. The second kappa shape index (κ2) is 3.42. The number of hydrogen-bond donors (Lipinski definition) is 2. The number of nitrogens with zero attached hydrogens (tertiary/aromatic N) is 1. The Kier molecular flexibility index (Phi) is 2.53. The van der Waals surface area contributed by atoms with Gasteiger partial charge in [-0.05, 0) is 6.42 Å². The van der Waals surface area contributed by atoms with Crippen molar-refractivity contribution in [2.45, 2.75) is 31.9 Å². The third-order valence-corrected chi connectivity index (χ3v) is 4.15. The molecule has 3 atom stereocenters. The van der Waals surface area contributed by atoms with Crippen LogP contribution in [0.2, 0.25) is 0 Å². The molecule has 0 aromatic rings. The lowest BCUT2D eigenvalue weighted by atomic mass is 9.48. The third-order valence-electron chi connectivity index (χ3n) is 4.15. The standard InChI is InChI=1S/C11H21N3O2/c1-10(2)8-7(5-6-16-8)11(10,12)9(15)13-14(3)4/h7-8H,5-6,12H2,1-4H3,(H,13,15). The molecular weight excluding hydrogens is 206 g/mol. The van der Waals surface area contributed by atoms with Gasteiger partial charge in [-0.3, -0.25) is 10.2 Å². The highest BCUT2D eigenvalue weighted by atomic mass is 16.5. The molecule has 2 fully saturated rings. The van der Waals surface area contributed by atoms with E-state index in [1.807, 2.05) is 13.8 Å². The Bertz CT molecular complexity index is 316. The van der Waals surface area contributed by atoms with Gasteiger partial charge < -0.3 is 10.5 Å². The predicted octanol–water partition coefficient (Wildman–Crippen LogP) is -0.278. The van der Waals surface area contributed by atoms with Gasteiger partial charge in [0.2, 0.25) is 0 Å². The molecule has 1 amide bonds. The van der Waals surface area contributed by atoms with Crippen molar-refractivity contribution in [3.8, 4) is 0 Å². The number of rotatable bonds is 2. The molecule has 1 aliphatic heterocycles. The quantitative estimate of drug-likeness (QED) is 0.637. The number of carbonyl (C=O) groups excluding carboxylic acids is 1. The molecule has 0 spiro atoms. The van der Waals surface area contributed by atoms with Gasteiger partial charge in [0.15, 0.2) is 0 Å². The van der Waals surface area contributed by atoms with E-state index in [2.05, 4.69) is 5.43 Å². The fraction of sp³-hybridized carbons (Fsp3) is 0.909. The van der Waals surface area contributed by atoms with Crippen LogP contribution in [0.4, 0.5) is 0 Å². The molecule has 2 aliphatic rings. The van der Waals surface area contributed by atoms with Crippen LogP contribution < -0.4 is 11.2 Å². The third kappa shape index (κ3) is 1.25. The highest BCUT2D eigenvalue weighted by Crippen LogP contribution is 2.58. The van der Waals surface area contributed by atoms with Crippen molar-refractivity contribution in [3.05, 3.63) is 0 Å². The molecular formula is C11H21N3O2. The fourth-order valence-electron chi connectivity index (χ4n) is 3.14. The second-order valence-electron chi connectivity index (χ2n) is 5.61. The first-order valence-corrected chi connectivity index (χ1v) is 5.70. The Morgan fingerprint density at radius 2 is 2.12 bits per heavy atom. The number of hydrazine groups is 1. The summed E-state index contributed by atoms with van der Waals surface area (Å²) in [6.45, 7) is 4.73. The summed E-state index contributed by atoms with van der Waals surface area (Å²) in [6, 6.07) is 0. The molecule has 0 radical (unpaired) electrons. The van der Waals surface area contributed by atoms with Gasteiger partial charge in [0.1, 0.15) is 5.54 Å². The van der Waals surface area contributed by atoms with Gasteiger partial charge in [0, 0.05) is 32.0 Å². The maximum atomic E-state index is 12.2. The molecule has 1 saturated carbocycles. The van der Waals surface area contributed by atoms with Crippen LogP contribution in [0.5, 0.6) is 0 Å². The van der Waals surface area contributed by atoms with E-state index >= 15 is 0 Å². The van der Waals surface area contributed by atoms with Crippen molar-refractivity contribution < 1.29 is 9.53 Å². The van der Waals surface area contributed by atoms with Crippen molar-refractivity contribution in [1.82, 2.24) is 10.4 Å². The zero-order valence-electron chi connectivity index (χ0n) is 10.4. The zero-order valence-corrected chi connectivity index (χ0v) is 10.4. The first kappa shape index (κ1) is 11.8. The number of carbonyl (C=O) groups is 1. The van der Waals surface area contributed by atoms with Crippen LogP contribution in [-0.4, -0.2) is 43.3 Å². The second-order valence-corrected chi connectivity index (χ2v) is 5.61. The van der Waals surface area contributed by atoms with Crippen LogP contribution in [0.15, 0.2) is 0 Å². The van der Waals surface area contributed by atoms with E-state index in [1.165, 1.54) is 0 Å². The van der Waals surface area contributed by atoms with Gasteiger partial charge in [0.05, 0.1) is 6.10 Å². The minimum atomic E-state index is -0.807. The maximum absolute atomic E-state index is 12.2. The molecule has 16 heavy (non-hydrogen) atoms. The number of nitrogens with one attached hydrogen (secondary N) is 1. The van der Waals surface area contributed by atoms with Gasteiger partial charge in [-0.15, -0.1) is 0 Å².